The molecule has 4 nitrogen and oxygen atoms in total. The lowest BCUT2D eigenvalue weighted by molar-refractivity contribution is 0.183. The molecule has 0 spiro atoms. The van der Waals surface area contributed by atoms with Crippen LogP contribution in [0.3, 0.4) is 0 Å². The molecule has 0 bridgehead atoms. The lowest BCUT2D eigenvalue weighted by Gasteiger charge is -2.27. The van der Waals surface area contributed by atoms with Gasteiger partial charge in [-0.05, 0) is 31.6 Å². The molecule has 0 aromatic rings. The first-order chi connectivity index (χ1) is 7.24. The van der Waals surface area contributed by atoms with Gasteiger partial charge in [0.1, 0.15) is 0 Å². The minimum Gasteiger partial charge on any atom is -0.396 e. The van der Waals surface area contributed by atoms with Crippen molar-refractivity contribution >= 4 is 6.03 Å². The smallest absolute Gasteiger partial charge is 0.317 e. The van der Waals surface area contributed by atoms with Crippen LogP contribution >= 0.6 is 0 Å². The van der Waals surface area contributed by atoms with Crippen LogP contribution in [-0.4, -0.2) is 42.3 Å². The average molecular weight is 214 g/mol. The van der Waals surface area contributed by atoms with E-state index >= 15 is 0 Å². The normalized spacial score (nSPS) is 18.7. The Morgan fingerprint density at radius 2 is 2.07 bits per heavy atom. The standard InChI is InChI=1S/C11H22N2O2/c1-10(5-8-14)9-12-11(15)13-6-3-2-4-7-13/h10,14H,2-9H2,1H3,(H,12,15). The van der Waals surface area contributed by atoms with Crippen LogP contribution in [0.5, 0.6) is 0 Å². The maximum atomic E-state index is 11.7. The fraction of sp³-hybridized carbons (Fsp3) is 0.909. The molecule has 88 valence electrons. The highest BCUT2D eigenvalue weighted by Crippen LogP contribution is 2.08. The van der Waals surface area contributed by atoms with Crippen molar-refractivity contribution in [3.05, 3.63) is 0 Å². The van der Waals surface area contributed by atoms with Gasteiger partial charge in [0.25, 0.3) is 0 Å². The van der Waals surface area contributed by atoms with Gasteiger partial charge in [0.2, 0.25) is 0 Å². The highest BCUT2D eigenvalue weighted by atomic mass is 16.3. The number of hydrogen-bond acceptors (Lipinski definition) is 2. The first-order valence-electron chi connectivity index (χ1n) is 5.87. The van der Waals surface area contributed by atoms with Crippen molar-refractivity contribution in [3.63, 3.8) is 0 Å². The van der Waals surface area contributed by atoms with Crippen molar-refractivity contribution in [1.82, 2.24) is 10.2 Å². The molecule has 2 N–H and O–H groups in total. The zero-order valence-corrected chi connectivity index (χ0v) is 9.54. The van der Waals surface area contributed by atoms with Gasteiger partial charge in [0.05, 0.1) is 0 Å². The number of hydrogen-bond donors (Lipinski definition) is 2. The predicted octanol–water partition coefficient (Wildman–Crippen LogP) is 1.20. The lowest BCUT2D eigenvalue weighted by atomic mass is 10.1. The van der Waals surface area contributed by atoms with Gasteiger partial charge in [-0.25, -0.2) is 4.79 Å². The van der Waals surface area contributed by atoms with Crippen LogP contribution < -0.4 is 5.32 Å². The molecule has 1 heterocycles. The number of piperidine rings is 1. The van der Waals surface area contributed by atoms with E-state index in [-0.39, 0.29) is 12.6 Å². The van der Waals surface area contributed by atoms with Crippen molar-refractivity contribution in [3.8, 4) is 0 Å². The van der Waals surface area contributed by atoms with Crippen LogP contribution in [-0.2, 0) is 0 Å². The van der Waals surface area contributed by atoms with E-state index in [1.165, 1.54) is 6.42 Å². The van der Waals surface area contributed by atoms with Crippen LogP contribution in [0.2, 0.25) is 0 Å². The Morgan fingerprint density at radius 1 is 1.40 bits per heavy atom. The molecule has 0 aromatic carbocycles. The molecular weight excluding hydrogens is 192 g/mol. The SMILES string of the molecule is CC(CCO)CNC(=O)N1CCCCC1. The third-order valence-corrected chi connectivity index (χ3v) is 2.87. The van der Waals surface area contributed by atoms with Crippen molar-refractivity contribution in [1.29, 1.82) is 0 Å². The van der Waals surface area contributed by atoms with Gasteiger partial charge >= 0.3 is 6.03 Å². The topological polar surface area (TPSA) is 52.6 Å². The molecule has 15 heavy (non-hydrogen) atoms. The Labute approximate surface area is 91.6 Å². The van der Waals surface area contributed by atoms with Gasteiger partial charge in [-0.2, -0.15) is 0 Å². The minimum absolute atomic E-state index is 0.0551. The summed E-state index contributed by atoms with van der Waals surface area (Å²) in [6, 6.07) is 0.0551. The first kappa shape index (κ1) is 12.3. The van der Waals surface area contributed by atoms with E-state index in [0.717, 1.165) is 32.4 Å². The number of likely N-dealkylation sites (tertiary alicyclic amines) is 1. The number of aliphatic hydroxyl groups is 1. The van der Waals surface area contributed by atoms with Gasteiger partial charge in [0, 0.05) is 26.2 Å². The lowest BCUT2D eigenvalue weighted by Crippen LogP contribution is -2.44. The highest BCUT2D eigenvalue weighted by Gasteiger charge is 2.16. The summed E-state index contributed by atoms with van der Waals surface area (Å²) in [7, 11) is 0. The average Bonchev–Trinajstić information content (AvgIpc) is 2.27. The van der Waals surface area contributed by atoms with Crippen molar-refractivity contribution in [2.45, 2.75) is 32.6 Å². The number of nitrogens with zero attached hydrogens (tertiary/aromatic N) is 1. The number of carbonyl (C=O) groups excluding carboxylic acids is 1. The van der Waals surface area contributed by atoms with Gasteiger partial charge in [-0.15, -0.1) is 0 Å². The quantitative estimate of drug-likeness (QED) is 0.739. The second-order valence-corrected chi connectivity index (χ2v) is 4.35. The molecule has 0 radical (unpaired) electrons. The predicted molar refractivity (Wildman–Crippen MR) is 59.7 cm³/mol. The minimum atomic E-state index is 0.0551. The van der Waals surface area contributed by atoms with Crippen molar-refractivity contribution < 1.29 is 9.90 Å². The van der Waals surface area contributed by atoms with Gasteiger partial charge < -0.3 is 15.3 Å². The molecule has 1 saturated heterocycles. The summed E-state index contributed by atoms with van der Waals surface area (Å²) >= 11 is 0. The van der Waals surface area contributed by atoms with Crippen LogP contribution in [0, 0.1) is 5.92 Å². The number of rotatable bonds is 4. The largest absolute Gasteiger partial charge is 0.396 e. The van der Waals surface area contributed by atoms with E-state index in [4.69, 9.17) is 5.11 Å². The van der Waals surface area contributed by atoms with E-state index in [1.54, 1.807) is 0 Å². The molecule has 4 heteroatoms. The Morgan fingerprint density at radius 3 is 2.67 bits per heavy atom. The second kappa shape index (κ2) is 6.67. The molecule has 0 aliphatic carbocycles. The maximum Gasteiger partial charge on any atom is 0.317 e. The fourth-order valence-corrected chi connectivity index (χ4v) is 1.79. The second-order valence-electron chi connectivity index (χ2n) is 4.35. The highest BCUT2D eigenvalue weighted by molar-refractivity contribution is 5.74. The Hall–Kier alpha value is -0.770. The number of carbonyl (C=O) groups is 1. The first-order valence-corrected chi connectivity index (χ1v) is 5.87. The van der Waals surface area contributed by atoms with Crippen LogP contribution in [0.15, 0.2) is 0 Å². The molecule has 1 rings (SSSR count). The number of nitrogens with one attached hydrogen (secondary N) is 1. The van der Waals surface area contributed by atoms with E-state index in [1.807, 2.05) is 11.8 Å². The van der Waals surface area contributed by atoms with Gasteiger partial charge in [-0.1, -0.05) is 6.92 Å². The third-order valence-electron chi connectivity index (χ3n) is 2.87. The van der Waals surface area contributed by atoms with Gasteiger partial charge in [-0.3, -0.25) is 0 Å². The fourth-order valence-electron chi connectivity index (χ4n) is 1.79. The number of amides is 2. The molecule has 2 amide bonds. The summed E-state index contributed by atoms with van der Waals surface area (Å²) in [4.78, 5) is 13.5. The Kier molecular flexibility index (Phi) is 5.47. The summed E-state index contributed by atoms with van der Waals surface area (Å²) in [5.41, 5.74) is 0. The Bertz CT molecular complexity index is 191. The molecule has 1 aliphatic heterocycles. The number of urea groups is 1. The van der Waals surface area contributed by atoms with Gasteiger partial charge in [0.15, 0.2) is 0 Å². The molecule has 1 aliphatic rings. The van der Waals surface area contributed by atoms with E-state index in [0.29, 0.717) is 12.5 Å². The molecule has 1 fully saturated rings. The van der Waals surface area contributed by atoms with Crippen molar-refractivity contribution in [2.75, 3.05) is 26.2 Å². The van der Waals surface area contributed by atoms with Crippen LogP contribution in [0.25, 0.3) is 0 Å². The van der Waals surface area contributed by atoms with E-state index < -0.39 is 0 Å². The molecule has 1 unspecified atom stereocenters. The monoisotopic (exact) mass is 214 g/mol. The van der Waals surface area contributed by atoms with Crippen LogP contribution in [0.1, 0.15) is 32.6 Å². The summed E-state index contributed by atoms with van der Waals surface area (Å²) in [6.45, 7) is 4.67. The molecular formula is C11H22N2O2. The number of aliphatic hydroxyl groups excluding tert-OH is 1. The van der Waals surface area contributed by atoms with Crippen LogP contribution in [0.4, 0.5) is 4.79 Å². The van der Waals surface area contributed by atoms with E-state index in [9.17, 15) is 4.79 Å². The van der Waals surface area contributed by atoms with E-state index in [2.05, 4.69) is 5.32 Å². The Balaban J connectivity index is 2.16. The zero-order chi connectivity index (χ0) is 11.1. The summed E-state index contributed by atoms with van der Waals surface area (Å²) < 4.78 is 0. The third kappa shape index (κ3) is 4.51. The molecule has 1 atom stereocenters. The molecule has 0 aromatic heterocycles. The molecule has 0 saturated carbocycles. The zero-order valence-electron chi connectivity index (χ0n) is 9.54. The van der Waals surface area contributed by atoms with Crippen molar-refractivity contribution in [2.24, 2.45) is 5.92 Å². The summed E-state index contributed by atoms with van der Waals surface area (Å²) in [5, 5.41) is 11.6. The maximum absolute atomic E-state index is 11.7. The summed E-state index contributed by atoms with van der Waals surface area (Å²) in [6.07, 6.45) is 4.24. The summed E-state index contributed by atoms with van der Waals surface area (Å²) in [5.74, 6) is 0.351.